The Morgan fingerprint density at radius 2 is 2.17 bits per heavy atom. The zero-order valence-corrected chi connectivity index (χ0v) is 10.9. The normalized spacial score (nSPS) is 10.9. The molecule has 2 N–H and O–H groups in total. The summed E-state index contributed by atoms with van der Waals surface area (Å²) in [5, 5.41) is 4.21. The molecular weight excluding hydrogens is 228 g/mol. The molecule has 0 aliphatic carbocycles. The van der Waals surface area contributed by atoms with Crippen LogP contribution in [0.5, 0.6) is 11.6 Å². The lowest BCUT2D eigenvalue weighted by Gasteiger charge is -2.06. The summed E-state index contributed by atoms with van der Waals surface area (Å²) in [5.41, 5.74) is 7.52. The van der Waals surface area contributed by atoms with E-state index in [1.807, 2.05) is 29.9 Å². The third kappa shape index (κ3) is 2.68. The Bertz CT molecular complexity index is 534. The molecule has 18 heavy (non-hydrogen) atoms. The van der Waals surface area contributed by atoms with E-state index in [1.165, 1.54) is 0 Å². The maximum Gasteiger partial charge on any atom is 0.219 e. The minimum Gasteiger partial charge on any atom is -0.436 e. The Balaban J connectivity index is 2.15. The standard InChI is InChI=1S/C13H18N4O/c1-9(2)17-8-12(7-15-17)18-13-5-4-11(6-14)10(3)16-13/h4-5,7-9H,6,14H2,1-3H3. The Morgan fingerprint density at radius 3 is 2.72 bits per heavy atom. The van der Waals surface area contributed by atoms with Gasteiger partial charge in [-0.05, 0) is 26.3 Å². The molecule has 2 heterocycles. The first kappa shape index (κ1) is 12.6. The van der Waals surface area contributed by atoms with Crippen LogP contribution in [0.3, 0.4) is 0 Å². The molecule has 0 spiro atoms. The second-order valence-corrected chi connectivity index (χ2v) is 4.45. The van der Waals surface area contributed by atoms with E-state index in [-0.39, 0.29) is 0 Å². The molecule has 5 nitrogen and oxygen atoms in total. The van der Waals surface area contributed by atoms with Gasteiger partial charge in [0, 0.05) is 24.3 Å². The van der Waals surface area contributed by atoms with Gasteiger partial charge in [0.05, 0.1) is 12.4 Å². The van der Waals surface area contributed by atoms with E-state index in [0.717, 1.165) is 11.3 Å². The fraction of sp³-hybridized carbons (Fsp3) is 0.385. The van der Waals surface area contributed by atoms with Crippen molar-refractivity contribution in [3.05, 3.63) is 35.8 Å². The quantitative estimate of drug-likeness (QED) is 0.899. The van der Waals surface area contributed by atoms with Crippen LogP contribution in [0, 0.1) is 6.92 Å². The largest absolute Gasteiger partial charge is 0.436 e. The van der Waals surface area contributed by atoms with Gasteiger partial charge in [-0.25, -0.2) is 4.98 Å². The lowest BCUT2D eigenvalue weighted by atomic mass is 10.2. The molecule has 2 aromatic rings. The fourth-order valence-corrected chi connectivity index (χ4v) is 1.62. The molecule has 0 atom stereocenters. The minimum absolute atomic E-state index is 0.316. The summed E-state index contributed by atoms with van der Waals surface area (Å²) in [6, 6.07) is 4.07. The summed E-state index contributed by atoms with van der Waals surface area (Å²) in [5.74, 6) is 1.25. The first-order valence-corrected chi connectivity index (χ1v) is 5.98. The van der Waals surface area contributed by atoms with E-state index in [4.69, 9.17) is 10.5 Å². The summed E-state index contributed by atoms with van der Waals surface area (Å²) >= 11 is 0. The predicted molar refractivity (Wildman–Crippen MR) is 69.6 cm³/mol. The first-order valence-electron chi connectivity index (χ1n) is 5.98. The number of hydrogen-bond acceptors (Lipinski definition) is 4. The number of rotatable bonds is 4. The highest BCUT2D eigenvalue weighted by Crippen LogP contribution is 2.21. The number of nitrogens with two attached hydrogens (primary N) is 1. The van der Waals surface area contributed by atoms with Crippen LogP contribution >= 0.6 is 0 Å². The Kier molecular flexibility index (Phi) is 3.62. The lowest BCUT2D eigenvalue weighted by molar-refractivity contribution is 0.457. The van der Waals surface area contributed by atoms with Gasteiger partial charge in [0.2, 0.25) is 5.88 Å². The molecule has 0 saturated carbocycles. The second-order valence-electron chi connectivity index (χ2n) is 4.45. The van der Waals surface area contributed by atoms with E-state index in [9.17, 15) is 0 Å². The van der Waals surface area contributed by atoms with E-state index < -0.39 is 0 Å². The molecule has 0 saturated heterocycles. The number of hydrogen-bond donors (Lipinski definition) is 1. The molecule has 5 heteroatoms. The van der Waals surface area contributed by atoms with Crippen molar-refractivity contribution >= 4 is 0 Å². The zero-order valence-electron chi connectivity index (χ0n) is 10.9. The van der Waals surface area contributed by atoms with Crippen LogP contribution in [0.4, 0.5) is 0 Å². The zero-order chi connectivity index (χ0) is 13.1. The number of ether oxygens (including phenoxy) is 1. The predicted octanol–water partition coefficient (Wildman–Crippen LogP) is 2.42. The van der Waals surface area contributed by atoms with E-state index >= 15 is 0 Å². The van der Waals surface area contributed by atoms with Gasteiger partial charge in [0.15, 0.2) is 5.75 Å². The van der Waals surface area contributed by atoms with Gasteiger partial charge < -0.3 is 10.5 Å². The molecule has 0 radical (unpaired) electrons. The van der Waals surface area contributed by atoms with Crippen LogP contribution < -0.4 is 10.5 Å². The molecular formula is C13H18N4O. The van der Waals surface area contributed by atoms with Crippen molar-refractivity contribution < 1.29 is 4.74 Å². The van der Waals surface area contributed by atoms with Gasteiger partial charge in [-0.1, -0.05) is 6.07 Å². The minimum atomic E-state index is 0.316. The third-order valence-corrected chi connectivity index (χ3v) is 2.72. The highest BCUT2D eigenvalue weighted by atomic mass is 16.5. The summed E-state index contributed by atoms with van der Waals surface area (Å²) in [4.78, 5) is 4.35. The number of aryl methyl sites for hydroxylation is 1. The van der Waals surface area contributed by atoms with Crippen LogP contribution in [-0.4, -0.2) is 14.8 Å². The number of nitrogens with zero attached hydrogens (tertiary/aromatic N) is 3. The number of pyridine rings is 1. The van der Waals surface area contributed by atoms with Crippen molar-refractivity contribution in [1.29, 1.82) is 0 Å². The SMILES string of the molecule is Cc1nc(Oc2cnn(C(C)C)c2)ccc1CN. The van der Waals surface area contributed by atoms with Crippen molar-refractivity contribution in [3.8, 4) is 11.6 Å². The topological polar surface area (TPSA) is 66.0 Å². The van der Waals surface area contributed by atoms with E-state index in [0.29, 0.717) is 24.2 Å². The van der Waals surface area contributed by atoms with Crippen LogP contribution in [0.25, 0.3) is 0 Å². The average Bonchev–Trinajstić information content (AvgIpc) is 2.78. The molecule has 2 aromatic heterocycles. The van der Waals surface area contributed by atoms with Crippen LogP contribution in [0.2, 0.25) is 0 Å². The van der Waals surface area contributed by atoms with Crippen molar-refractivity contribution in [2.75, 3.05) is 0 Å². The Morgan fingerprint density at radius 1 is 1.39 bits per heavy atom. The van der Waals surface area contributed by atoms with Gasteiger partial charge in [0.25, 0.3) is 0 Å². The molecule has 0 unspecified atom stereocenters. The van der Waals surface area contributed by atoms with Crippen LogP contribution in [0.15, 0.2) is 24.5 Å². The lowest BCUT2D eigenvalue weighted by Crippen LogP contribution is -2.01. The van der Waals surface area contributed by atoms with Gasteiger partial charge >= 0.3 is 0 Å². The van der Waals surface area contributed by atoms with Crippen molar-refractivity contribution in [2.24, 2.45) is 5.73 Å². The highest BCUT2D eigenvalue weighted by molar-refractivity contribution is 5.28. The molecule has 96 valence electrons. The third-order valence-electron chi connectivity index (χ3n) is 2.72. The van der Waals surface area contributed by atoms with E-state index in [2.05, 4.69) is 23.9 Å². The summed E-state index contributed by atoms with van der Waals surface area (Å²) in [6.07, 6.45) is 3.55. The molecule has 0 fully saturated rings. The van der Waals surface area contributed by atoms with Crippen LogP contribution in [0.1, 0.15) is 31.1 Å². The monoisotopic (exact) mass is 246 g/mol. The maximum atomic E-state index is 5.65. The molecule has 0 aliphatic rings. The van der Waals surface area contributed by atoms with Crippen LogP contribution in [-0.2, 0) is 6.54 Å². The molecule has 0 amide bonds. The van der Waals surface area contributed by atoms with E-state index in [1.54, 1.807) is 6.20 Å². The summed E-state index contributed by atoms with van der Waals surface area (Å²) in [7, 11) is 0. The molecule has 0 aromatic carbocycles. The Hall–Kier alpha value is -1.88. The summed E-state index contributed by atoms with van der Waals surface area (Å²) in [6.45, 7) is 6.54. The maximum absolute atomic E-state index is 5.65. The first-order chi connectivity index (χ1) is 8.60. The van der Waals surface area contributed by atoms with Gasteiger partial charge in [-0.15, -0.1) is 0 Å². The number of aromatic nitrogens is 3. The summed E-state index contributed by atoms with van der Waals surface area (Å²) < 4.78 is 7.50. The Labute approximate surface area is 107 Å². The molecule has 0 aliphatic heterocycles. The second kappa shape index (κ2) is 5.18. The van der Waals surface area contributed by atoms with Gasteiger partial charge in [-0.3, -0.25) is 4.68 Å². The van der Waals surface area contributed by atoms with Crippen molar-refractivity contribution in [1.82, 2.24) is 14.8 Å². The van der Waals surface area contributed by atoms with Crippen molar-refractivity contribution in [3.63, 3.8) is 0 Å². The van der Waals surface area contributed by atoms with Gasteiger partial charge in [-0.2, -0.15) is 5.10 Å². The highest BCUT2D eigenvalue weighted by Gasteiger charge is 2.06. The smallest absolute Gasteiger partial charge is 0.219 e. The fourth-order valence-electron chi connectivity index (χ4n) is 1.62. The molecule has 0 bridgehead atoms. The average molecular weight is 246 g/mol. The van der Waals surface area contributed by atoms with Gasteiger partial charge in [0.1, 0.15) is 0 Å². The van der Waals surface area contributed by atoms with Crippen molar-refractivity contribution in [2.45, 2.75) is 33.4 Å². The molecule has 2 rings (SSSR count).